The Labute approximate surface area is 162 Å². The standard InChI is InChI=1S/C19H21N7O2/c1-25-10-12(7-22-25)16-14(27-3)6-13(8-20-16)23-18-21-9-15-17(24-18)26(2)19(4-5-19)11-28-15/h6-10H,4-5,11H2,1-3H3,(H,21,23,24). The van der Waals surface area contributed by atoms with Crippen molar-refractivity contribution in [1.29, 1.82) is 0 Å². The van der Waals surface area contributed by atoms with Gasteiger partial charge in [0.15, 0.2) is 11.6 Å². The van der Waals surface area contributed by atoms with Gasteiger partial charge in [0.1, 0.15) is 18.1 Å². The minimum atomic E-state index is 0.106. The fraction of sp³-hybridized carbons (Fsp3) is 0.368. The van der Waals surface area contributed by atoms with Crippen molar-refractivity contribution in [2.24, 2.45) is 7.05 Å². The molecule has 0 aromatic carbocycles. The average Bonchev–Trinajstić information content (AvgIpc) is 3.37. The molecular formula is C19H21N7O2. The Bertz CT molecular complexity index is 1040. The Kier molecular flexibility index (Phi) is 3.65. The lowest BCUT2D eigenvalue weighted by Crippen LogP contribution is -2.43. The number of methoxy groups -OCH3 is 1. The van der Waals surface area contributed by atoms with Gasteiger partial charge in [0.25, 0.3) is 0 Å². The SMILES string of the molecule is COc1cc(Nc2ncc3c(n2)N(C)C2(CC2)CO3)cnc1-c1cnn(C)c1. The number of nitrogens with zero attached hydrogens (tertiary/aromatic N) is 6. The van der Waals surface area contributed by atoms with Crippen molar-refractivity contribution >= 4 is 17.5 Å². The van der Waals surface area contributed by atoms with E-state index in [4.69, 9.17) is 9.47 Å². The third kappa shape index (κ3) is 2.70. The normalized spacial score (nSPS) is 16.5. The van der Waals surface area contributed by atoms with E-state index in [-0.39, 0.29) is 5.54 Å². The maximum absolute atomic E-state index is 5.85. The number of pyridine rings is 1. The molecule has 0 saturated heterocycles. The van der Waals surface area contributed by atoms with Crippen molar-refractivity contribution in [3.63, 3.8) is 0 Å². The van der Waals surface area contributed by atoms with Crippen LogP contribution in [0.5, 0.6) is 11.5 Å². The highest BCUT2D eigenvalue weighted by molar-refractivity contribution is 5.69. The summed E-state index contributed by atoms with van der Waals surface area (Å²) in [5, 5.41) is 7.41. The predicted molar refractivity (Wildman–Crippen MR) is 104 cm³/mol. The second-order valence-corrected chi connectivity index (χ2v) is 7.26. The van der Waals surface area contributed by atoms with Crippen molar-refractivity contribution in [2.75, 3.05) is 31.0 Å². The lowest BCUT2D eigenvalue weighted by Gasteiger charge is -2.35. The number of aromatic nitrogens is 5. The van der Waals surface area contributed by atoms with Gasteiger partial charge in [-0.3, -0.25) is 9.67 Å². The molecule has 9 heteroatoms. The van der Waals surface area contributed by atoms with Gasteiger partial charge < -0.3 is 19.7 Å². The van der Waals surface area contributed by atoms with E-state index < -0.39 is 0 Å². The summed E-state index contributed by atoms with van der Waals surface area (Å²) in [5.41, 5.74) is 2.47. The van der Waals surface area contributed by atoms with E-state index in [9.17, 15) is 0 Å². The Hall–Kier alpha value is -3.36. The molecule has 9 nitrogen and oxygen atoms in total. The van der Waals surface area contributed by atoms with Crippen LogP contribution in [0.1, 0.15) is 12.8 Å². The Morgan fingerprint density at radius 2 is 2.04 bits per heavy atom. The van der Waals surface area contributed by atoms with Crippen LogP contribution in [-0.2, 0) is 7.05 Å². The molecule has 3 aromatic heterocycles. The summed E-state index contributed by atoms with van der Waals surface area (Å²) < 4.78 is 13.1. The number of fused-ring (bicyclic) bond motifs is 1. The number of nitrogens with one attached hydrogen (secondary N) is 1. The number of anilines is 3. The van der Waals surface area contributed by atoms with Crippen LogP contribution < -0.4 is 19.7 Å². The van der Waals surface area contributed by atoms with Crippen LogP contribution in [0.25, 0.3) is 11.3 Å². The minimum Gasteiger partial charge on any atom is -0.494 e. The minimum absolute atomic E-state index is 0.106. The highest BCUT2D eigenvalue weighted by Gasteiger charge is 2.51. The quantitative estimate of drug-likeness (QED) is 0.739. The van der Waals surface area contributed by atoms with Gasteiger partial charge in [0, 0.05) is 31.9 Å². The largest absolute Gasteiger partial charge is 0.494 e. The van der Waals surface area contributed by atoms with Gasteiger partial charge >= 0.3 is 0 Å². The van der Waals surface area contributed by atoms with Gasteiger partial charge in [0.05, 0.1) is 36.9 Å². The molecule has 4 heterocycles. The van der Waals surface area contributed by atoms with Crippen LogP contribution in [0, 0.1) is 0 Å². The van der Waals surface area contributed by atoms with Crippen molar-refractivity contribution in [3.05, 3.63) is 30.9 Å². The molecule has 0 bridgehead atoms. The van der Waals surface area contributed by atoms with E-state index in [1.807, 2.05) is 19.3 Å². The van der Waals surface area contributed by atoms with E-state index in [1.165, 1.54) is 0 Å². The summed E-state index contributed by atoms with van der Waals surface area (Å²) >= 11 is 0. The van der Waals surface area contributed by atoms with E-state index in [2.05, 4.69) is 37.3 Å². The van der Waals surface area contributed by atoms with Gasteiger partial charge in [-0.25, -0.2) is 4.98 Å². The average molecular weight is 379 g/mol. The van der Waals surface area contributed by atoms with E-state index in [0.29, 0.717) is 24.1 Å². The van der Waals surface area contributed by atoms with Crippen molar-refractivity contribution in [1.82, 2.24) is 24.7 Å². The number of ether oxygens (including phenoxy) is 2. The zero-order valence-electron chi connectivity index (χ0n) is 16.0. The van der Waals surface area contributed by atoms with Gasteiger partial charge in [-0.2, -0.15) is 10.1 Å². The molecule has 0 unspecified atom stereocenters. The highest BCUT2D eigenvalue weighted by atomic mass is 16.5. The Balaban J connectivity index is 1.43. The van der Waals surface area contributed by atoms with Gasteiger partial charge in [-0.05, 0) is 12.8 Å². The van der Waals surface area contributed by atoms with E-state index >= 15 is 0 Å². The summed E-state index contributed by atoms with van der Waals surface area (Å²) in [4.78, 5) is 15.8. The molecule has 1 N–H and O–H groups in total. The molecule has 1 aliphatic carbocycles. The topological polar surface area (TPSA) is 90.2 Å². The van der Waals surface area contributed by atoms with Crippen LogP contribution in [0.15, 0.2) is 30.9 Å². The van der Waals surface area contributed by atoms with Crippen LogP contribution in [0.4, 0.5) is 17.5 Å². The molecule has 0 atom stereocenters. The zero-order valence-corrected chi connectivity index (χ0v) is 16.0. The molecular weight excluding hydrogens is 358 g/mol. The molecule has 2 aliphatic rings. The summed E-state index contributed by atoms with van der Waals surface area (Å²) in [6, 6.07) is 1.88. The van der Waals surface area contributed by atoms with Crippen LogP contribution in [-0.4, -0.2) is 51.0 Å². The first kappa shape index (κ1) is 16.8. The molecule has 1 saturated carbocycles. The summed E-state index contributed by atoms with van der Waals surface area (Å²) in [6.07, 6.45) is 9.36. The fourth-order valence-corrected chi connectivity index (χ4v) is 3.48. The van der Waals surface area contributed by atoms with Crippen molar-refractivity contribution in [3.8, 4) is 22.8 Å². The molecule has 1 fully saturated rings. The Morgan fingerprint density at radius 3 is 2.75 bits per heavy atom. The number of hydrogen-bond donors (Lipinski definition) is 1. The van der Waals surface area contributed by atoms with Crippen LogP contribution >= 0.6 is 0 Å². The van der Waals surface area contributed by atoms with E-state index in [0.717, 1.165) is 35.6 Å². The molecule has 3 aromatic rings. The van der Waals surface area contributed by atoms with Gasteiger partial charge in [-0.1, -0.05) is 0 Å². The number of aryl methyl sites for hydroxylation is 1. The second kappa shape index (κ2) is 6.08. The summed E-state index contributed by atoms with van der Waals surface area (Å²) in [5.74, 6) is 2.67. The first-order chi connectivity index (χ1) is 13.6. The molecule has 5 rings (SSSR count). The third-order valence-corrected chi connectivity index (χ3v) is 5.40. The van der Waals surface area contributed by atoms with Crippen molar-refractivity contribution in [2.45, 2.75) is 18.4 Å². The van der Waals surface area contributed by atoms with Gasteiger partial charge in [0.2, 0.25) is 5.95 Å². The molecule has 0 radical (unpaired) electrons. The fourth-order valence-electron chi connectivity index (χ4n) is 3.48. The first-order valence-corrected chi connectivity index (χ1v) is 9.12. The van der Waals surface area contributed by atoms with Crippen molar-refractivity contribution < 1.29 is 9.47 Å². The zero-order chi connectivity index (χ0) is 19.3. The monoisotopic (exact) mass is 379 g/mol. The van der Waals surface area contributed by atoms with E-state index in [1.54, 1.807) is 30.4 Å². The Morgan fingerprint density at radius 1 is 1.18 bits per heavy atom. The lowest BCUT2D eigenvalue weighted by molar-refractivity contribution is 0.253. The third-order valence-electron chi connectivity index (χ3n) is 5.40. The maximum Gasteiger partial charge on any atom is 0.229 e. The lowest BCUT2D eigenvalue weighted by atomic mass is 10.2. The predicted octanol–water partition coefficient (Wildman–Crippen LogP) is 2.39. The smallest absolute Gasteiger partial charge is 0.229 e. The summed E-state index contributed by atoms with van der Waals surface area (Å²) in [7, 11) is 5.56. The molecule has 144 valence electrons. The van der Waals surface area contributed by atoms with Crippen LogP contribution in [0.2, 0.25) is 0 Å². The number of hydrogen-bond acceptors (Lipinski definition) is 8. The van der Waals surface area contributed by atoms with Gasteiger partial charge in [-0.15, -0.1) is 0 Å². The molecule has 0 amide bonds. The first-order valence-electron chi connectivity index (χ1n) is 9.12. The molecule has 1 spiro atoms. The molecule has 1 aliphatic heterocycles. The number of likely N-dealkylation sites (N-methyl/N-ethyl adjacent to an activating group) is 1. The second-order valence-electron chi connectivity index (χ2n) is 7.26. The number of rotatable bonds is 4. The highest BCUT2D eigenvalue weighted by Crippen LogP contribution is 2.48. The summed E-state index contributed by atoms with van der Waals surface area (Å²) in [6.45, 7) is 0.698. The molecule has 28 heavy (non-hydrogen) atoms. The maximum atomic E-state index is 5.85. The van der Waals surface area contributed by atoms with Crippen LogP contribution in [0.3, 0.4) is 0 Å².